The largest absolute Gasteiger partial charge is 0.408 e. The molecule has 13 heteroatoms. The maximum absolute atomic E-state index is 14.5. The standard InChI is InChI=1S/C21H23F5NO5PS/c1-4-31-33(28,32-5-2)27-11-10-14(20(27)13-8-6-12(3)7-9-13)34(29,30)21-18(25)16(23)15(22)17(24)19(21)26/h6-9,14,20H,4-5,10-11H2,1-3H3/t14-,20+/m0/s1. The van der Waals surface area contributed by atoms with Gasteiger partial charge >= 0.3 is 7.75 Å². The predicted molar refractivity (Wildman–Crippen MR) is 113 cm³/mol. The summed E-state index contributed by atoms with van der Waals surface area (Å²) in [6.45, 7) is 4.56. The maximum Gasteiger partial charge on any atom is 0.408 e. The topological polar surface area (TPSA) is 72.9 Å². The molecule has 0 bridgehead atoms. The molecule has 0 radical (unpaired) electrons. The normalized spacial score (nSPS) is 19.6. The molecule has 1 aliphatic heterocycles. The van der Waals surface area contributed by atoms with Gasteiger partial charge in [0.25, 0.3) is 0 Å². The summed E-state index contributed by atoms with van der Waals surface area (Å²) < 4.78 is 122. The predicted octanol–water partition coefficient (Wildman–Crippen LogP) is 5.46. The lowest BCUT2D eigenvalue weighted by atomic mass is 10.0. The van der Waals surface area contributed by atoms with Crippen molar-refractivity contribution in [1.29, 1.82) is 0 Å². The fourth-order valence-corrected chi connectivity index (χ4v) is 8.11. The molecule has 0 amide bonds. The highest BCUT2D eigenvalue weighted by molar-refractivity contribution is 7.92. The van der Waals surface area contributed by atoms with Crippen LogP contribution in [0.4, 0.5) is 22.0 Å². The molecule has 0 N–H and O–H groups in total. The van der Waals surface area contributed by atoms with E-state index in [9.17, 15) is 34.9 Å². The number of hydrogen-bond donors (Lipinski definition) is 0. The number of hydrogen-bond acceptors (Lipinski definition) is 5. The minimum Gasteiger partial charge on any atom is -0.297 e. The van der Waals surface area contributed by atoms with Gasteiger partial charge in [-0.25, -0.2) is 34.9 Å². The van der Waals surface area contributed by atoms with E-state index in [0.29, 0.717) is 5.56 Å². The third-order valence-electron chi connectivity index (χ3n) is 5.49. The molecule has 1 fully saturated rings. The van der Waals surface area contributed by atoms with Gasteiger partial charge in [-0.3, -0.25) is 9.05 Å². The van der Waals surface area contributed by atoms with Crippen molar-refractivity contribution in [2.75, 3.05) is 19.8 Å². The van der Waals surface area contributed by atoms with Crippen LogP contribution < -0.4 is 0 Å². The quantitative estimate of drug-likeness (QED) is 0.149. The molecule has 0 unspecified atom stereocenters. The molecule has 6 nitrogen and oxygen atoms in total. The first kappa shape index (κ1) is 26.7. The van der Waals surface area contributed by atoms with Gasteiger partial charge in [0.2, 0.25) is 5.82 Å². The molecule has 188 valence electrons. The van der Waals surface area contributed by atoms with E-state index in [2.05, 4.69) is 0 Å². The number of benzene rings is 2. The van der Waals surface area contributed by atoms with Crippen LogP contribution in [0.5, 0.6) is 0 Å². The fraction of sp³-hybridized carbons (Fsp3) is 0.429. The minimum atomic E-state index is -5.16. The van der Waals surface area contributed by atoms with Crippen LogP contribution in [0.25, 0.3) is 0 Å². The minimum absolute atomic E-state index is 0.0521. The van der Waals surface area contributed by atoms with Crippen LogP contribution >= 0.6 is 7.75 Å². The zero-order valence-electron chi connectivity index (χ0n) is 18.5. The molecule has 0 aliphatic carbocycles. The molecule has 2 aromatic rings. The Morgan fingerprint density at radius 3 is 1.85 bits per heavy atom. The number of rotatable bonds is 8. The molecular weight excluding hydrogens is 504 g/mol. The third-order valence-corrected chi connectivity index (χ3v) is 9.95. The van der Waals surface area contributed by atoms with E-state index in [0.717, 1.165) is 10.2 Å². The summed E-state index contributed by atoms with van der Waals surface area (Å²) in [5.74, 6) is -12.1. The second kappa shape index (κ2) is 10.0. The molecular formula is C21H23F5NO5PS. The highest BCUT2D eigenvalue weighted by atomic mass is 32.2. The van der Waals surface area contributed by atoms with Gasteiger partial charge in [0.1, 0.15) is 4.90 Å². The van der Waals surface area contributed by atoms with Gasteiger partial charge in [0.05, 0.1) is 24.5 Å². The lowest BCUT2D eigenvalue weighted by molar-refractivity contribution is 0.163. The zero-order chi connectivity index (χ0) is 25.4. The average molecular weight is 527 g/mol. The van der Waals surface area contributed by atoms with E-state index >= 15 is 0 Å². The van der Waals surface area contributed by atoms with Crippen LogP contribution in [-0.2, 0) is 23.4 Å². The summed E-state index contributed by atoms with van der Waals surface area (Å²) in [7, 11) is -9.24. The Hall–Kier alpha value is -1.85. The van der Waals surface area contributed by atoms with Crippen molar-refractivity contribution in [3.63, 3.8) is 0 Å². The van der Waals surface area contributed by atoms with E-state index in [-0.39, 0.29) is 26.2 Å². The first-order valence-corrected chi connectivity index (χ1v) is 13.4. The molecule has 0 aromatic heterocycles. The summed E-state index contributed by atoms with van der Waals surface area (Å²) >= 11 is 0. The van der Waals surface area contributed by atoms with Crippen LogP contribution in [0.1, 0.15) is 37.4 Å². The lowest BCUT2D eigenvalue weighted by Crippen LogP contribution is -2.32. The van der Waals surface area contributed by atoms with E-state index in [1.165, 1.54) is 12.1 Å². The summed E-state index contributed by atoms with van der Waals surface area (Å²) in [6, 6.07) is 5.02. The Morgan fingerprint density at radius 1 is 0.912 bits per heavy atom. The van der Waals surface area contributed by atoms with Gasteiger partial charge in [-0.2, -0.15) is 4.67 Å². The molecule has 34 heavy (non-hydrogen) atoms. The second-order valence-electron chi connectivity index (χ2n) is 7.59. The molecule has 3 rings (SSSR count). The van der Waals surface area contributed by atoms with Crippen molar-refractivity contribution in [2.45, 2.75) is 43.4 Å². The Bertz CT molecular complexity index is 1190. The molecule has 1 saturated heterocycles. The van der Waals surface area contributed by atoms with E-state index in [1.807, 2.05) is 0 Å². The first-order valence-electron chi connectivity index (χ1n) is 10.4. The molecule has 0 spiro atoms. The van der Waals surface area contributed by atoms with Gasteiger partial charge in [-0.15, -0.1) is 0 Å². The van der Waals surface area contributed by atoms with Crippen LogP contribution in [-0.4, -0.2) is 38.1 Å². The second-order valence-corrected chi connectivity index (χ2v) is 11.7. The number of halogens is 5. The monoisotopic (exact) mass is 527 g/mol. The zero-order valence-corrected chi connectivity index (χ0v) is 20.2. The smallest absolute Gasteiger partial charge is 0.297 e. The average Bonchev–Trinajstić information content (AvgIpc) is 3.24. The van der Waals surface area contributed by atoms with Crippen molar-refractivity contribution in [2.24, 2.45) is 0 Å². The van der Waals surface area contributed by atoms with E-state index in [1.54, 1.807) is 32.9 Å². The SMILES string of the molecule is CCOP(=O)(OCC)N1CC[C@H](S(=O)(=O)c2c(F)c(F)c(F)c(F)c2F)[C@H]1c1ccc(C)cc1. The Balaban J connectivity index is 2.23. The van der Waals surface area contributed by atoms with Gasteiger partial charge in [0, 0.05) is 6.54 Å². The van der Waals surface area contributed by atoms with Gasteiger partial charge < -0.3 is 0 Å². The number of sulfone groups is 1. The number of nitrogens with zero attached hydrogens (tertiary/aromatic N) is 1. The van der Waals surface area contributed by atoms with Gasteiger partial charge in [-0.1, -0.05) is 29.8 Å². The Morgan fingerprint density at radius 2 is 1.38 bits per heavy atom. The summed E-state index contributed by atoms with van der Waals surface area (Å²) in [5.41, 5.74) is 1.10. The lowest BCUT2D eigenvalue weighted by Gasteiger charge is -2.33. The van der Waals surface area contributed by atoms with Crippen molar-refractivity contribution < 1.29 is 44.0 Å². The van der Waals surface area contributed by atoms with Crippen molar-refractivity contribution in [3.05, 3.63) is 64.5 Å². The summed E-state index contributed by atoms with van der Waals surface area (Å²) in [4.78, 5) is -1.92. The molecule has 2 aromatic carbocycles. The maximum atomic E-state index is 14.5. The van der Waals surface area contributed by atoms with Crippen LogP contribution in [0, 0.1) is 36.0 Å². The number of aryl methyl sites for hydroxylation is 1. The Labute approximate surface area is 194 Å². The molecule has 0 saturated carbocycles. The van der Waals surface area contributed by atoms with Crippen LogP contribution in [0.2, 0.25) is 0 Å². The summed E-state index contributed by atoms with van der Waals surface area (Å²) in [6.07, 6.45) is -0.329. The van der Waals surface area contributed by atoms with E-state index in [4.69, 9.17) is 9.05 Å². The Kier molecular flexibility index (Phi) is 7.89. The molecule has 1 aliphatic rings. The first-order chi connectivity index (χ1) is 15.9. The van der Waals surface area contributed by atoms with Crippen LogP contribution in [0.15, 0.2) is 29.2 Å². The molecule has 2 atom stereocenters. The van der Waals surface area contributed by atoms with Gasteiger partial charge in [-0.05, 0) is 32.8 Å². The molecule has 1 heterocycles. The fourth-order valence-electron chi connectivity index (χ4n) is 4.00. The summed E-state index contributed by atoms with van der Waals surface area (Å²) in [5, 5.41) is -1.71. The van der Waals surface area contributed by atoms with Crippen LogP contribution in [0.3, 0.4) is 0 Å². The van der Waals surface area contributed by atoms with Crippen molar-refractivity contribution in [3.8, 4) is 0 Å². The van der Waals surface area contributed by atoms with E-state index < -0.39 is 62.9 Å². The van der Waals surface area contributed by atoms with Crippen molar-refractivity contribution in [1.82, 2.24) is 4.67 Å². The van der Waals surface area contributed by atoms with Gasteiger partial charge in [0.15, 0.2) is 33.1 Å². The third kappa shape index (κ3) is 4.54. The van der Waals surface area contributed by atoms with Crippen molar-refractivity contribution >= 4 is 17.6 Å². The highest BCUT2D eigenvalue weighted by Gasteiger charge is 2.53. The highest BCUT2D eigenvalue weighted by Crippen LogP contribution is 2.60.